The van der Waals surface area contributed by atoms with Gasteiger partial charge in [-0.2, -0.15) is 0 Å². The zero-order valence-corrected chi connectivity index (χ0v) is 16.7. The van der Waals surface area contributed by atoms with Crippen LogP contribution in [0.2, 0.25) is 0 Å². The number of amides is 1. The van der Waals surface area contributed by atoms with Gasteiger partial charge >= 0.3 is 0 Å². The third kappa shape index (κ3) is 3.60. The minimum absolute atomic E-state index is 0.0728. The van der Waals surface area contributed by atoms with E-state index in [1.54, 1.807) is 0 Å². The molecular formula is C24H27N3O. The minimum Gasteiger partial charge on any atom is -0.357 e. The van der Waals surface area contributed by atoms with Crippen molar-refractivity contribution >= 4 is 5.91 Å². The van der Waals surface area contributed by atoms with E-state index in [0.717, 1.165) is 24.2 Å². The van der Waals surface area contributed by atoms with E-state index in [2.05, 4.69) is 67.3 Å². The molecule has 1 fully saturated rings. The van der Waals surface area contributed by atoms with E-state index in [1.807, 2.05) is 35.4 Å². The minimum atomic E-state index is 0.0728. The van der Waals surface area contributed by atoms with Crippen molar-refractivity contribution in [1.82, 2.24) is 14.8 Å². The summed E-state index contributed by atoms with van der Waals surface area (Å²) in [6.45, 7) is 3.59. The summed E-state index contributed by atoms with van der Waals surface area (Å²) in [6.07, 6.45) is 1.92. The van der Waals surface area contributed by atoms with E-state index in [4.69, 9.17) is 0 Å². The van der Waals surface area contributed by atoms with E-state index in [-0.39, 0.29) is 5.91 Å². The predicted octanol–water partition coefficient (Wildman–Crippen LogP) is 4.16. The van der Waals surface area contributed by atoms with Crippen LogP contribution in [0, 0.1) is 6.92 Å². The molecule has 0 bridgehead atoms. The Morgan fingerprint density at radius 2 is 1.71 bits per heavy atom. The summed E-state index contributed by atoms with van der Waals surface area (Å²) in [6, 6.07) is 21.1. The lowest BCUT2D eigenvalue weighted by atomic mass is 9.93. The summed E-state index contributed by atoms with van der Waals surface area (Å²) >= 11 is 0. The third-order valence-corrected chi connectivity index (χ3v) is 5.77. The Balaban J connectivity index is 1.55. The van der Waals surface area contributed by atoms with Crippen LogP contribution in [0.5, 0.6) is 0 Å². The Labute approximate surface area is 166 Å². The fourth-order valence-electron chi connectivity index (χ4n) is 4.10. The number of rotatable bonds is 4. The molecule has 2 aromatic carbocycles. The van der Waals surface area contributed by atoms with Crippen molar-refractivity contribution in [3.05, 3.63) is 83.7 Å². The van der Waals surface area contributed by atoms with Gasteiger partial charge in [0.1, 0.15) is 5.69 Å². The number of aryl methyl sites for hydroxylation is 1. The lowest BCUT2D eigenvalue weighted by Crippen LogP contribution is -2.35. The standard InChI is InChI=1S/C24H27N3O/c1-17-9-11-19(12-10-17)21-15-27(16-23(21)26(2)3)24(28)22-13-20(14-25-22)18-7-5-4-6-8-18/h4-14,21,23,25H,15-16H2,1-3H3. The van der Waals surface area contributed by atoms with E-state index in [9.17, 15) is 4.79 Å². The van der Waals surface area contributed by atoms with Crippen LogP contribution in [0.15, 0.2) is 66.9 Å². The van der Waals surface area contributed by atoms with Gasteiger partial charge in [-0.15, -0.1) is 0 Å². The Hall–Kier alpha value is -2.85. The van der Waals surface area contributed by atoms with Crippen LogP contribution < -0.4 is 0 Å². The van der Waals surface area contributed by atoms with E-state index in [0.29, 0.717) is 17.7 Å². The summed E-state index contributed by atoms with van der Waals surface area (Å²) in [7, 11) is 4.20. The predicted molar refractivity (Wildman–Crippen MR) is 114 cm³/mol. The Bertz CT molecular complexity index is 943. The van der Waals surface area contributed by atoms with Gasteiger partial charge in [0.15, 0.2) is 0 Å². The molecule has 0 spiro atoms. The second-order valence-corrected chi connectivity index (χ2v) is 7.93. The van der Waals surface area contributed by atoms with Gasteiger partial charge in [0.2, 0.25) is 0 Å². The molecule has 2 unspecified atom stereocenters. The number of carbonyl (C=O) groups is 1. The zero-order chi connectivity index (χ0) is 19.7. The highest BCUT2D eigenvalue weighted by Gasteiger charge is 2.37. The number of hydrogen-bond acceptors (Lipinski definition) is 2. The van der Waals surface area contributed by atoms with E-state index >= 15 is 0 Å². The van der Waals surface area contributed by atoms with Gasteiger partial charge in [0.25, 0.3) is 5.91 Å². The van der Waals surface area contributed by atoms with E-state index < -0.39 is 0 Å². The van der Waals surface area contributed by atoms with Gasteiger partial charge in [0, 0.05) is 31.2 Å². The molecule has 4 rings (SSSR count). The van der Waals surface area contributed by atoms with Gasteiger partial charge in [-0.25, -0.2) is 0 Å². The van der Waals surface area contributed by atoms with Crippen molar-refractivity contribution in [2.24, 2.45) is 0 Å². The van der Waals surface area contributed by atoms with Crippen LogP contribution >= 0.6 is 0 Å². The van der Waals surface area contributed by atoms with E-state index in [1.165, 1.54) is 11.1 Å². The molecule has 144 valence electrons. The second kappa shape index (κ2) is 7.64. The number of H-pyrrole nitrogens is 1. The lowest BCUT2D eigenvalue weighted by Gasteiger charge is -2.25. The van der Waals surface area contributed by atoms with Crippen LogP contribution in [0.25, 0.3) is 11.1 Å². The first kappa shape index (κ1) is 18.5. The molecule has 0 aliphatic carbocycles. The van der Waals surface area contributed by atoms with Crippen molar-refractivity contribution in [3.8, 4) is 11.1 Å². The molecule has 28 heavy (non-hydrogen) atoms. The van der Waals surface area contributed by atoms with Gasteiger partial charge in [-0.1, -0.05) is 60.2 Å². The molecule has 2 heterocycles. The van der Waals surface area contributed by atoms with Crippen LogP contribution in [0.4, 0.5) is 0 Å². The maximum Gasteiger partial charge on any atom is 0.270 e. The van der Waals surface area contributed by atoms with Crippen molar-refractivity contribution < 1.29 is 4.79 Å². The first-order valence-electron chi connectivity index (χ1n) is 9.79. The second-order valence-electron chi connectivity index (χ2n) is 7.93. The monoisotopic (exact) mass is 373 g/mol. The molecule has 2 atom stereocenters. The Morgan fingerprint density at radius 1 is 1.00 bits per heavy atom. The fourth-order valence-corrected chi connectivity index (χ4v) is 4.10. The molecule has 1 saturated heterocycles. The SMILES string of the molecule is Cc1ccc(C2CN(C(=O)c3cc(-c4ccccc4)c[nH]3)CC2N(C)C)cc1. The number of benzene rings is 2. The number of carbonyl (C=O) groups excluding carboxylic acids is 1. The summed E-state index contributed by atoms with van der Waals surface area (Å²) in [5.74, 6) is 0.395. The first-order valence-corrected chi connectivity index (χ1v) is 9.79. The number of hydrogen-bond donors (Lipinski definition) is 1. The van der Waals surface area contributed by atoms with Crippen molar-refractivity contribution in [1.29, 1.82) is 0 Å². The number of nitrogens with one attached hydrogen (secondary N) is 1. The first-order chi connectivity index (χ1) is 13.5. The quantitative estimate of drug-likeness (QED) is 0.746. The topological polar surface area (TPSA) is 39.3 Å². The molecule has 1 aromatic heterocycles. The average Bonchev–Trinajstić information content (AvgIpc) is 3.37. The maximum absolute atomic E-state index is 13.2. The van der Waals surface area contributed by atoms with Crippen LogP contribution in [0.1, 0.15) is 27.5 Å². The summed E-state index contributed by atoms with van der Waals surface area (Å²) in [5.41, 5.74) is 5.37. The van der Waals surface area contributed by atoms with Gasteiger partial charge in [-0.05, 0) is 43.8 Å². The molecule has 1 amide bonds. The molecule has 0 saturated carbocycles. The highest BCUT2D eigenvalue weighted by atomic mass is 16.2. The Kier molecular flexibility index (Phi) is 5.05. The number of nitrogens with zero attached hydrogens (tertiary/aromatic N) is 2. The fraction of sp³-hybridized carbons (Fsp3) is 0.292. The van der Waals surface area contributed by atoms with Crippen LogP contribution in [-0.2, 0) is 0 Å². The largest absolute Gasteiger partial charge is 0.357 e. The summed E-state index contributed by atoms with van der Waals surface area (Å²) < 4.78 is 0. The van der Waals surface area contributed by atoms with Crippen LogP contribution in [-0.4, -0.2) is 53.9 Å². The Morgan fingerprint density at radius 3 is 2.39 bits per heavy atom. The highest BCUT2D eigenvalue weighted by Crippen LogP contribution is 2.31. The summed E-state index contributed by atoms with van der Waals surface area (Å²) in [4.78, 5) is 20.6. The third-order valence-electron chi connectivity index (χ3n) is 5.77. The van der Waals surface area contributed by atoms with Gasteiger partial charge in [0.05, 0.1) is 0 Å². The maximum atomic E-state index is 13.2. The smallest absolute Gasteiger partial charge is 0.270 e. The van der Waals surface area contributed by atoms with Gasteiger partial charge < -0.3 is 14.8 Å². The average molecular weight is 374 g/mol. The molecule has 1 aliphatic heterocycles. The molecule has 3 aromatic rings. The van der Waals surface area contributed by atoms with Gasteiger partial charge in [-0.3, -0.25) is 4.79 Å². The number of aromatic nitrogens is 1. The van der Waals surface area contributed by atoms with Crippen molar-refractivity contribution in [2.45, 2.75) is 18.9 Å². The number of likely N-dealkylation sites (tertiary alicyclic amines) is 1. The summed E-state index contributed by atoms with van der Waals surface area (Å²) in [5, 5.41) is 0. The molecule has 4 nitrogen and oxygen atoms in total. The van der Waals surface area contributed by atoms with Crippen LogP contribution in [0.3, 0.4) is 0 Å². The normalized spacial score (nSPS) is 19.4. The zero-order valence-electron chi connectivity index (χ0n) is 16.7. The van der Waals surface area contributed by atoms with Crippen molar-refractivity contribution in [2.75, 3.05) is 27.2 Å². The molecular weight excluding hydrogens is 346 g/mol. The lowest BCUT2D eigenvalue weighted by molar-refractivity contribution is 0.0777. The molecule has 4 heteroatoms. The molecule has 0 radical (unpaired) electrons. The molecule has 1 N–H and O–H groups in total. The number of likely N-dealkylation sites (N-methyl/N-ethyl adjacent to an activating group) is 1. The number of aromatic amines is 1. The highest BCUT2D eigenvalue weighted by molar-refractivity contribution is 5.94. The van der Waals surface area contributed by atoms with Crippen molar-refractivity contribution in [3.63, 3.8) is 0 Å². The molecule has 1 aliphatic rings.